The van der Waals surface area contributed by atoms with Gasteiger partial charge in [-0.1, -0.05) is 0 Å². The number of alkyl carbamates (subject to hydrolysis) is 1. The van der Waals surface area contributed by atoms with E-state index in [2.05, 4.69) is 36.2 Å². The zero-order valence-corrected chi connectivity index (χ0v) is 21.1. The summed E-state index contributed by atoms with van der Waals surface area (Å²) in [6.07, 6.45) is 4.20. The van der Waals surface area contributed by atoms with E-state index in [0.717, 1.165) is 59.7 Å². The molecule has 8 nitrogen and oxygen atoms in total. The van der Waals surface area contributed by atoms with E-state index >= 15 is 0 Å². The van der Waals surface area contributed by atoms with Crippen LogP contribution >= 0.6 is 27.3 Å². The number of halogens is 1. The first-order valence-corrected chi connectivity index (χ1v) is 12.5. The molecule has 32 heavy (non-hydrogen) atoms. The van der Waals surface area contributed by atoms with Gasteiger partial charge in [-0.15, -0.1) is 11.3 Å². The Morgan fingerprint density at radius 3 is 2.81 bits per heavy atom. The fourth-order valence-corrected chi connectivity index (χ4v) is 6.28. The van der Waals surface area contributed by atoms with Crippen molar-refractivity contribution in [1.29, 1.82) is 0 Å². The molecule has 170 valence electrons. The highest BCUT2D eigenvalue weighted by molar-refractivity contribution is 9.10. The highest BCUT2D eigenvalue weighted by Gasteiger charge is 2.50. The molecule has 2 aliphatic rings. The van der Waals surface area contributed by atoms with Crippen LogP contribution in [0.3, 0.4) is 0 Å². The Bertz CT molecular complexity index is 1180. The van der Waals surface area contributed by atoms with Gasteiger partial charge in [-0.05, 0) is 69.0 Å². The summed E-state index contributed by atoms with van der Waals surface area (Å²) < 4.78 is 8.35. The second-order valence-electron chi connectivity index (χ2n) is 9.71. The number of anilines is 1. The Balaban J connectivity index is 1.39. The zero-order valence-electron chi connectivity index (χ0n) is 18.7. The molecule has 5 rings (SSSR count). The molecule has 10 heteroatoms. The van der Waals surface area contributed by atoms with Crippen LogP contribution in [0.15, 0.2) is 22.4 Å². The van der Waals surface area contributed by atoms with Crippen molar-refractivity contribution in [2.75, 3.05) is 18.0 Å². The molecule has 0 saturated carbocycles. The average molecular weight is 519 g/mol. The van der Waals surface area contributed by atoms with Crippen molar-refractivity contribution in [3.8, 4) is 0 Å². The highest BCUT2D eigenvalue weighted by Crippen LogP contribution is 2.53. The van der Waals surface area contributed by atoms with Crippen LogP contribution in [0.4, 0.5) is 10.6 Å². The molecule has 0 unspecified atom stereocenters. The van der Waals surface area contributed by atoms with Gasteiger partial charge in [-0.25, -0.2) is 19.3 Å². The minimum atomic E-state index is -0.530. The van der Waals surface area contributed by atoms with Crippen molar-refractivity contribution in [2.45, 2.75) is 58.6 Å². The third-order valence-electron chi connectivity index (χ3n) is 6.42. The number of aromatic nitrogens is 4. The average Bonchev–Trinajstić information content (AvgIpc) is 3.42. The molecule has 4 heterocycles. The minimum Gasteiger partial charge on any atom is -0.444 e. The number of carbonyl (C=O) groups excluding carboxylic acids is 1. The Morgan fingerprint density at radius 1 is 1.34 bits per heavy atom. The first-order chi connectivity index (χ1) is 15.2. The van der Waals surface area contributed by atoms with Crippen LogP contribution in [0, 0.1) is 12.3 Å². The molecule has 1 spiro atoms. The summed E-state index contributed by atoms with van der Waals surface area (Å²) in [5.74, 6) is 0.959. The molecule has 1 N–H and O–H groups in total. The molecule has 1 aliphatic heterocycles. The van der Waals surface area contributed by atoms with E-state index < -0.39 is 5.60 Å². The van der Waals surface area contributed by atoms with E-state index in [1.165, 1.54) is 4.88 Å². The number of nitrogens with one attached hydrogen (secondary N) is 1. The summed E-state index contributed by atoms with van der Waals surface area (Å²) in [6.45, 7) is 9.36. The van der Waals surface area contributed by atoms with E-state index in [1.54, 1.807) is 17.5 Å². The largest absolute Gasteiger partial charge is 0.444 e. The first-order valence-electron chi connectivity index (χ1n) is 10.8. The number of hydrogen-bond acceptors (Lipinski definition) is 7. The third kappa shape index (κ3) is 3.67. The molecule has 0 radical (unpaired) electrons. The predicted molar refractivity (Wildman–Crippen MR) is 127 cm³/mol. The van der Waals surface area contributed by atoms with Crippen molar-refractivity contribution < 1.29 is 9.53 Å². The van der Waals surface area contributed by atoms with Gasteiger partial charge in [0.25, 0.3) is 0 Å². The number of fused-ring (bicyclic) bond motifs is 2. The van der Waals surface area contributed by atoms with Gasteiger partial charge < -0.3 is 15.0 Å². The standard InChI is InChI=1S/C22H27BrN6O2S/c1-13-18(23)29-15(5-8-25-29)19(26-13)28-9-6-22(7-10-28)11-14-16(32-12-24-14)17(22)27-20(30)31-21(2,3)4/h5,8,12,17H,6-7,9-11H2,1-4H3,(H,27,30)/t17-/m1/s1. The summed E-state index contributed by atoms with van der Waals surface area (Å²) in [7, 11) is 0. The summed E-state index contributed by atoms with van der Waals surface area (Å²) in [6, 6.07) is 1.93. The van der Waals surface area contributed by atoms with E-state index in [4.69, 9.17) is 9.72 Å². The summed E-state index contributed by atoms with van der Waals surface area (Å²) in [5, 5.41) is 7.62. The molecule has 1 aliphatic carbocycles. The number of hydrogen-bond donors (Lipinski definition) is 1. The molecular weight excluding hydrogens is 492 g/mol. The van der Waals surface area contributed by atoms with E-state index in [1.807, 2.05) is 43.8 Å². The summed E-state index contributed by atoms with van der Waals surface area (Å²) >= 11 is 5.22. The molecule has 3 aromatic rings. The Hall–Kier alpha value is -2.20. The van der Waals surface area contributed by atoms with Crippen molar-refractivity contribution in [3.63, 3.8) is 0 Å². The maximum atomic E-state index is 12.7. The molecule has 1 saturated heterocycles. The van der Waals surface area contributed by atoms with Gasteiger partial charge in [0.1, 0.15) is 15.7 Å². The fraction of sp³-hybridized carbons (Fsp3) is 0.545. The minimum absolute atomic E-state index is 0.0518. The number of thiazole rings is 1. The lowest BCUT2D eigenvalue weighted by molar-refractivity contribution is 0.0430. The van der Waals surface area contributed by atoms with Gasteiger partial charge in [0.2, 0.25) is 0 Å². The topological polar surface area (TPSA) is 84.7 Å². The van der Waals surface area contributed by atoms with Crippen molar-refractivity contribution in [2.24, 2.45) is 5.41 Å². The number of piperidine rings is 1. The van der Waals surface area contributed by atoms with Gasteiger partial charge in [0.15, 0.2) is 5.82 Å². The number of carbonyl (C=O) groups is 1. The van der Waals surface area contributed by atoms with Gasteiger partial charge in [0.05, 0.1) is 34.0 Å². The Labute approximate surface area is 199 Å². The van der Waals surface area contributed by atoms with Gasteiger partial charge in [-0.2, -0.15) is 5.10 Å². The zero-order chi connectivity index (χ0) is 22.7. The third-order valence-corrected chi connectivity index (χ3v) is 8.26. The van der Waals surface area contributed by atoms with Gasteiger partial charge >= 0.3 is 6.09 Å². The summed E-state index contributed by atoms with van der Waals surface area (Å²) in [5.41, 5.74) is 4.31. The molecular formula is C22H27BrN6O2S. The van der Waals surface area contributed by atoms with Crippen molar-refractivity contribution in [3.05, 3.63) is 38.6 Å². The quantitative estimate of drug-likeness (QED) is 0.530. The predicted octanol–water partition coefficient (Wildman–Crippen LogP) is 4.67. The first kappa shape index (κ1) is 21.6. The van der Waals surface area contributed by atoms with Crippen LogP contribution < -0.4 is 10.2 Å². The maximum absolute atomic E-state index is 12.7. The van der Waals surface area contributed by atoms with E-state index in [0.29, 0.717) is 0 Å². The smallest absolute Gasteiger partial charge is 0.408 e. The molecule has 1 fully saturated rings. The van der Waals surface area contributed by atoms with Crippen LogP contribution in [0.2, 0.25) is 0 Å². The second-order valence-corrected chi connectivity index (χ2v) is 11.3. The van der Waals surface area contributed by atoms with Crippen molar-refractivity contribution in [1.82, 2.24) is 24.9 Å². The van der Waals surface area contributed by atoms with Crippen LogP contribution in [0.1, 0.15) is 55.9 Å². The molecule has 3 aromatic heterocycles. The molecule has 0 bridgehead atoms. The Morgan fingerprint density at radius 2 is 2.09 bits per heavy atom. The lowest BCUT2D eigenvalue weighted by Gasteiger charge is -2.43. The van der Waals surface area contributed by atoms with Crippen LogP contribution in [0.5, 0.6) is 0 Å². The van der Waals surface area contributed by atoms with Crippen LogP contribution in [0.25, 0.3) is 5.52 Å². The lowest BCUT2D eigenvalue weighted by Crippen LogP contribution is -2.48. The number of ether oxygens (including phenoxy) is 1. The number of nitrogens with zero attached hydrogens (tertiary/aromatic N) is 5. The summed E-state index contributed by atoms with van der Waals surface area (Å²) in [4.78, 5) is 25.6. The monoisotopic (exact) mass is 518 g/mol. The number of rotatable bonds is 2. The molecule has 0 aromatic carbocycles. The fourth-order valence-electron chi connectivity index (χ4n) is 4.91. The molecule has 1 atom stereocenters. The van der Waals surface area contributed by atoms with Crippen LogP contribution in [-0.4, -0.2) is 44.4 Å². The Kier molecular flexibility index (Phi) is 5.20. The lowest BCUT2D eigenvalue weighted by atomic mass is 9.73. The molecule has 1 amide bonds. The number of aryl methyl sites for hydroxylation is 1. The highest BCUT2D eigenvalue weighted by atomic mass is 79.9. The van der Waals surface area contributed by atoms with Crippen molar-refractivity contribution >= 4 is 44.7 Å². The van der Waals surface area contributed by atoms with E-state index in [-0.39, 0.29) is 17.6 Å². The van der Waals surface area contributed by atoms with E-state index in [9.17, 15) is 4.79 Å². The van der Waals surface area contributed by atoms with Gasteiger partial charge in [0, 0.05) is 18.5 Å². The van der Waals surface area contributed by atoms with Gasteiger partial charge in [-0.3, -0.25) is 0 Å². The maximum Gasteiger partial charge on any atom is 0.408 e. The normalized spacial score (nSPS) is 20.0. The SMILES string of the molecule is Cc1nc(N2CCC3(CC2)Cc2ncsc2[C@H]3NC(=O)OC(C)(C)C)c2ccnn2c1Br. The van der Waals surface area contributed by atoms with Crippen LogP contribution in [-0.2, 0) is 11.2 Å². The second kappa shape index (κ2) is 7.69. The number of amides is 1.